The van der Waals surface area contributed by atoms with Gasteiger partial charge in [-0.2, -0.15) is 0 Å². The number of hydrogen-bond acceptors (Lipinski definition) is 2. The third-order valence-electron chi connectivity index (χ3n) is 2.76. The maximum absolute atomic E-state index is 11.1. The van der Waals surface area contributed by atoms with Gasteiger partial charge in [0.25, 0.3) is 0 Å². The number of hydrogen-bond donors (Lipinski definition) is 0. The molecule has 0 aliphatic heterocycles. The van der Waals surface area contributed by atoms with Gasteiger partial charge in [-0.3, -0.25) is 4.79 Å². The van der Waals surface area contributed by atoms with Crippen LogP contribution in [0.25, 0.3) is 0 Å². The van der Waals surface area contributed by atoms with Crippen molar-refractivity contribution in [2.75, 3.05) is 0 Å². The fourth-order valence-corrected chi connectivity index (χ4v) is 1.58. The van der Waals surface area contributed by atoms with Gasteiger partial charge in [-0.1, -0.05) is 42.5 Å². The smallest absolute Gasteiger partial charge is 0.303 e. The summed E-state index contributed by atoms with van der Waals surface area (Å²) in [5.74, 6) is -0.266. The summed E-state index contributed by atoms with van der Waals surface area (Å²) < 4.78 is 5.33. The lowest BCUT2D eigenvalue weighted by Gasteiger charge is -2.18. The summed E-state index contributed by atoms with van der Waals surface area (Å²) in [6.45, 7) is 15.3. The SMILES string of the molecule is C=C/C(C)=C/CC(OC(C)=O)C(=C)CCC=C(C)C. The highest BCUT2D eigenvalue weighted by Crippen LogP contribution is 2.17. The average molecular weight is 262 g/mol. The first-order chi connectivity index (χ1) is 8.86. The number of allylic oxidation sites excluding steroid dienone is 4. The van der Waals surface area contributed by atoms with Gasteiger partial charge in [0.05, 0.1) is 0 Å². The third-order valence-corrected chi connectivity index (χ3v) is 2.76. The van der Waals surface area contributed by atoms with E-state index in [0.29, 0.717) is 6.42 Å². The van der Waals surface area contributed by atoms with E-state index in [1.165, 1.54) is 12.5 Å². The van der Waals surface area contributed by atoms with E-state index in [-0.39, 0.29) is 12.1 Å². The highest BCUT2D eigenvalue weighted by Gasteiger charge is 2.14. The molecule has 1 atom stereocenters. The van der Waals surface area contributed by atoms with Crippen molar-refractivity contribution in [3.8, 4) is 0 Å². The van der Waals surface area contributed by atoms with Crippen molar-refractivity contribution in [2.24, 2.45) is 0 Å². The molecular formula is C17H26O2. The zero-order valence-corrected chi connectivity index (χ0v) is 12.7. The summed E-state index contributed by atoms with van der Waals surface area (Å²) in [7, 11) is 0. The Balaban J connectivity index is 4.56. The van der Waals surface area contributed by atoms with E-state index >= 15 is 0 Å². The zero-order valence-electron chi connectivity index (χ0n) is 12.7. The molecule has 0 rings (SSSR count). The van der Waals surface area contributed by atoms with Crippen LogP contribution >= 0.6 is 0 Å². The Labute approximate surface area is 117 Å². The fourth-order valence-electron chi connectivity index (χ4n) is 1.58. The molecule has 0 saturated carbocycles. The van der Waals surface area contributed by atoms with E-state index in [2.05, 4.69) is 33.1 Å². The molecule has 0 heterocycles. The van der Waals surface area contributed by atoms with Gasteiger partial charge >= 0.3 is 5.97 Å². The Bertz CT molecular complexity index is 382. The molecular weight excluding hydrogens is 236 g/mol. The Kier molecular flexibility index (Phi) is 8.60. The van der Waals surface area contributed by atoms with Crippen molar-refractivity contribution in [1.29, 1.82) is 0 Å². The summed E-state index contributed by atoms with van der Waals surface area (Å²) in [6, 6.07) is 0. The van der Waals surface area contributed by atoms with Crippen LogP contribution in [-0.4, -0.2) is 12.1 Å². The summed E-state index contributed by atoms with van der Waals surface area (Å²) in [4.78, 5) is 11.1. The molecule has 0 aromatic rings. The normalized spacial score (nSPS) is 12.5. The molecule has 0 fully saturated rings. The zero-order chi connectivity index (χ0) is 14.8. The van der Waals surface area contributed by atoms with Gasteiger partial charge in [-0.05, 0) is 39.2 Å². The third kappa shape index (κ3) is 9.06. The molecule has 106 valence electrons. The van der Waals surface area contributed by atoms with Crippen molar-refractivity contribution < 1.29 is 9.53 Å². The van der Waals surface area contributed by atoms with Gasteiger partial charge in [0.2, 0.25) is 0 Å². The molecule has 0 bridgehead atoms. The second kappa shape index (κ2) is 9.37. The van der Waals surface area contributed by atoms with Crippen LogP contribution in [0.2, 0.25) is 0 Å². The van der Waals surface area contributed by atoms with Gasteiger partial charge in [0.1, 0.15) is 6.10 Å². The molecule has 0 aromatic heterocycles. The van der Waals surface area contributed by atoms with Crippen molar-refractivity contribution in [1.82, 2.24) is 0 Å². The molecule has 0 aliphatic carbocycles. The van der Waals surface area contributed by atoms with Gasteiger partial charge in [0, 0.05) is 13.3 Å². The van der Waals surface area contributed by atoms with Gasteiger partial charge in [-0.25, -0.2) is 0 Å². The topological polar surface area (TPSA) is 26.3 Å². The lowest BCUT2D eigenvalue weighted by Crippen LogP contribution is -2.18. The second-order valence-corrected chi connectivity index (χ2v) is 4.96. The molecule has 1 unspecified atom stereocenters. The van der Waals surface area contributed by atoms with Crippen molar-refractivity contribution in [3.63, 3.8) is 0 Å². The predicted molar refractivity (Wildman–Crippen MR) is 81.9 cm³/mol. The highest BCUT2D eigenvalue weighted by molar-refractivity contribution is 5.66. The highest BCUT2D eigenvalue weighted by atomic mass is 16.5. The van der Waals surface area contributed by atoms with Gasteiger partial charge < -0.3 is 4.74 Å². The minimum atomic E-state index is -0.266. The largest absolute Gasteiger partial charge is 0.458 e. The summed E-state index contributed by atoms with van der Waals surface area (Å²) in [6.07, 6.45) is 8.17. The summed E-state index contributed by atoms with van der Waals surface area (Å²) >= 11 is 0. The quantitative estimate of drug-likeness (QED) is 0.359. The fraction of sp³-hybridized carbons (Fsp3) is 0.471. The second-order valence-electron chi connectivity index (χ2n) is 4.96. The monoisotopic (exact) mass is 262 g/mol. The maximum Gasteiger partial charge on any atom is 0.303 e. The molecule has 2 nitrogen and oxygen atoms in total. The summed E-state index contributed by atoms with van der Waals surface area (Å²) in [5, 5.41) is 0. The first-order valence-corrected chi connectivity index (χ1v) is 6.64. The number of carbonyl (C=O) groups excluding carboxylic acids is 1. The molecule has 19 heavy (non-hydrogen) atoms. The molecule has 2 heteroatoms. The molecule has 0 N–H and O–H groups in total. The van der Waals surface area contributed by atoms with Crippen molar-refractivity contribution in [2.45, 2.75) is 53.1 Å². The van der Waals surface area contributed by atoms with E-state index in [9.17, 15) is 4.79 Å². The number of ether oxygens (including phenoxy) is 1. The number of carbonyl (C=O) groups is 1. The van der Waals surface area contributed by atoms with E-state index in [1.54, 1.807) is 6.08 Å². The first-order valence-electron chi connectivity index (χ1n) is 6.64. The number of esters is 1. The maximum atomic E-state index is 11.1. The lowest BCUT2D eigenvalue weighted by atomic mass is 10.0. The van der Waals surface area contributed by atoms with Crippen LogP contribution in [0.5, 0.6) is 0 Å². The minimum Gasteiger partial charge on any atom is -0.458 e. The van der Waals surface area contributed by atoms with Crippen LogP contribution in [-0.2, 0) is 9.53 Å². The molecule has 0 amide bonds. The standard InChI is InChI=1S/C17H26O2/c1-7-14(4)11-12-17(19-16(6)18)15(5)10-8-9-13(2)3/h7,9,11,17H,1,5,8,10,12H2,2-4,6H3/b14-11+. The van der Waals surface area contributed by atoms with Gasteiger partial charge in [0.15, 0.2) is 0 Å². The minimum absolute atomic E-state index is 0.238. The van der Waals surface area contributed by atoms with E-state index < -0.39 is 0 Å². The van der Waals surface area contributed by atoms with E-state index in [1.807, 2.05) is 13.0 Å². The van der Waals surface area contributed by atoms with E-state index in [4.69, 9.17) is 4.74 Å². The molecule has 0 spiro atoms. The lowest BCUT2D eigenvalue weighted by molar-refractivity contribution is -0.144. The van der Waals surface area contributed by atoms with Crippen LogP contribution in [0.4, 0.5) is 0 Å². The Morgan fingerprint density at radius 3 is 2.32 bits per heavy atom. The predicted octanol–water partition coefficient (Wildman–Crippen LogP) is 4.74. The summed E-state index contributed by atoms with van der Waals surface area (Å²) in [5.41, 5.74) is 3.33. The molecule has 0 aromatic carbocycles. The van der Waals surface area contributed by atoms with Crippen LogP contribution in [0.3, 0.4) is 0 Å². The molecule has 0 radical (unpaired) electrons. The van der Waals surface area contributed by atoms with Crippen molar-refractivity contribution in [3.05, 3.63) is 48.1 Å². The van der Waals surface area contributed by atoms with Crippen LogP contribution in [0.1, 0.15) is 47.0 Å². The molecule has 0 aliphatic rings. The molecule has 0 saturated heterocycles. The van der Waals surface area contributed by atoms with E-state index in [0.717, 1.165) is 24.0 Å². The van der Waals surface area contributed by atoms with Crippen LogP contribution in [0.15, 0.2) is 48.1 Å². The van der Waals surface area contributed by atoms with Crippen LogP contribution in [0, 0.1) is 0 Å². The van der Waals surface area contributed by atoms with Gasteiger partial charge in [-0.15, -0.1) is 0 Å². The van der Waals surface area contributed by atoms with Crippen LogP contribution < -0.4 is 0 Å². The first kappa shape index (κ1) is 17.4. The Morgan fingerprint density at radius 1 is 1.21 bits per heavy atom. The Morgan fingerprint density at radius 2 is 1.84 bits per heavy atom. The average Bonchev–Trinajstić information content (AvgIpc) is 2.32. The number of rotatable bonds is 8. The Hall–Kier alpha value is -1.57. The van der Waals surface area contributed by atoms with Crippen molar-refractivity contribution >= 4 is 5.97 Å².